The molecule has 36 heavy (non-hydrogen) atoms. The van der Waals surface area contributed by atoms with Gasteiger partial charge in [0.15, 0.2) is 10.7 Å². The summed E-state index contributed by atoms with van der Waals surface area (Å²) < 4.78 is 62.2. The van der Waals surface area contributed by atoms with Gasteiger partial charge in [0.25, 0.3) is 10.0 Å². The molecule has 0 aliphatic heterocycles. The summed E-state index contributed by atoms with van der Waals surface area (Å²) in [5, 5.41) is 4.20. The summed E-state index contributed by atoms with van der Waals surface area (Å²) >= 11 is 1.01. The first kappa shape index (κ1) is 27.5. The van der Waals surface area contributed by atoms with Gasteiger partial charge < -0.3 is 15.0 Å². The molecule has 0 saturated heterocycles. The molecule has 0 aliphatic rings. The van der Waals surface area contributed by atoms with E-state index in [2.05, 4.69) is 10.3 Å². The minimum Gasteiger partial charge on any atom is -0.443 e. The molecule has 0 atom stereocenters. The molecule has 0 bridgehead atoms. The zero-order valence-electron chi connectivity index (χ0n) is 20.6. The van der Waals surface area contributed by atoms with Crippen LogP contribution in [0.25, 0.3) is 0 Å². The van der Waals surface area contributed by atoms with Crippen LogP contribution in [0.3, 0.4) is 0 Å². The van der Waals surface area contributed by atoms with Gasteiger partial charge in [-0.1, -0.05) is 24.3 Å². The van der Waals surface area contributed by atoms with Crippen molar-refractivity contribution in [3.05, 3.63) is 70.1 Å². The standard InChI is InChI=1S/C24H28F2N4O4S2/c1-24(2,3)34-23(31)30(21-14-35-15-28-21)36(32,33)22-19(25)10-18(11-20(22)26)27-12-16-8-6-7-9-17(16)13-29(4)5/h6-11,14-15,27H,12-13H2,1-5H3. The molecule has 194 valence electrons. The summed E-state index contributed by atoms with van der Waals surface area (Å²) in [6, 6.07) is 9.36. The van der Waals surface area contributed by atoms with E-state index in [9.17, 15) is 13.2 Å². The third kappa shape index (κ3) is 6.56. The van der Waals surface area contributed by atoms with E-state index in [1.165, 1.54) is 31.7 Å². The lowest BCUT2D eigenvalue weighted by Gasteiger charge is -2.26. The number of anilines is 2. The normalized spacial score (nSPS) is 12.0. The maximum atomic E-state index is 15.1. The topological polar surface area (TPSA) is 91.8 Å². The predicted octanol–water partition coefficient (Wildman–Crippen LogP) is 5.23. The number of nitrogens with one attached hydrogen (secondary N) is 1. The number of benzene rings is 2. The van der Waals surface area contributed by atoms with Crippen molar-refractivity contribution in [2.24, 2.45) is 0 Å². The van der Waals surface area contributed by atoms with Gasteiger partial charge in [0.1, 0.15) is 17.2 Å². The number of hydrogen-bond acceptors (Lipinski definition) is 8. The lowest BCUT2D eigenvalue weighted by Crippen LogP contribution is -2.41. The van der Waals surface area contributed by atoms with Crippen LogP contribution in [0, 0.1) is 11.6 Å². The quantitative estimate of drug-likeness (QED) is 0.420. The smallest absolute Gasteiger partial charge is 0.430 e. The van der Waals surface area contributed by atoms with Crippen molar-refractivity contribution in [2.45, 2.75) is 44.4 Å². The first-order valence-corrected chi connectivity index (χ1v) is 13.3. The molecule has 0 aliphatic carbocycles. The van der Waals surface area contributed by atoms with Crippen LogP contribution in [0.2, 0.25) is 0 Å². The van der Waals surface area contributed by atoms with E-state index in [0.29, 0.717) is 6.54 Å². The van der Waals surface area contributed by atoms with E-state index in [1.807, 2.05) is 43.3 Å². The average Bonchev–Trinajstić information content (AvgIpc) is 3.24. The van der Waals surface area contributed by atoms with Gasteiger partial charge >= 0.3 is 6.09 Å². The Hall–Kier alpha value is -3.09. The van der Waals surface area contributed by atoms with E-state index in [1.54, 1.807) is 0 Å². The van der Waals surface area contributed by atoms with Crippen LogP contribution < -0.4 is 9.62 Å². The van der Waals surface area contributed by atoms with Crippen LogP contribution in [0.5, 0.6) is 0 Å². The number of halogens is 2. The maximum absolute atomic E-state index is 15.1. The fraction of sp³-hybridized carbons (Fsp3) is 0.333. The highest BCUT2D eigenvalue weighted by Crippen LogP contribution is 2.31. The number of rotatable bonds is 8. The van der Waals surface area contributed by atoms with Crippen molar-refractivity contribution >= 4 is 39.0 Å². The lowest BCUT2D eigenvalue weighted by atomic mass is 10.1. The van der Waals surface area contributed by atoms with Gasteiger partial charge in [0.2, 0.25) is 0 Å². The molecule has 0 spiro atoms. The lowest BCUT2D eigenvalue weighted by molar-refractivity contribution is 0.0608. The third-order valence-corrected chi connectivity index (χ3v) is 7.07. The fourth-order valence-corrected chi connectivity index (χ4v) is 5.30. The number of ether oxygens (including phenoxy) is 1. The number of hydrogen-bond donors (Lipinski definition) is 1. The molecule has 0 saturated carbocycles. The molecule has 12 heteroatoms. The molecule has 1 heterocycles. The number of thiazole rings is 1. The maximum Gasteiger partial charge on any atom is 0.430 e. The molecular weight excluding hydrogens is 510 g/mol. The summed E-state index contributed by atoms with van der Waals surface area (Å²) in [4.78, 5) is 17.3. The van der Waals surface area contributed by atoms with E-state index in [4.69, 9.17) is 4.74 Å². The van der Waals surface area contributed by atoms with Crippen molar-refractivity contribution in [2.75, 3.05) is 23.7 Å². The molecule has 8 nitrogen and oxygen atoms in total. The highest BCUT2D eigenvalue weighted by atomic mass is 32.2. The SMILES string of the molecule is CN(C)Cc1ccccc1CNc1cc(F)c(S(=O)(=O)N(C(=O)OC(C)(C)C)c2cscn2)c(F)c1. The number of carbonyl (C=O) groups is 1. The van der Waals surface area contributed by atoms with Crippen molar-refractivity contribution in [3.8, 4) is 0 Å². The Morgan fingerprint density at radius 3 is 2.25 bits per heavy atom. The van der Waals surface area contributed by atoms with Crippen molar-refractivity contribution in [1.82, 2.24) is 9.88 Å². The number of sulfonamides is 1. The second-order valence-corrected chi connectivity index (χ2v) is 11.7. The van der Waals surface area contributed by atoms with E-state index in [0.717, 1.165) is 34.6 Å². The van der Waals surface area contributed by atoms with Gasteiger partial charge in [-0.15, -0.1) is 15.6 Å². The van der Waals surface area contributed by atoms with Gasteiger partial charge in [-0.3, -0.25) is 0 Å². The van der Waals surface area contributed by atoms with Gasteiger partial charge in [0.05, 0.1) is 5.51 Å². The van der Waals surface area contributed by atoms with Crippen LogP contribution in [0.4, 0.5) is 25.1 Å². The summed E-state index contributed by atoms with van der Waals surface area (Å²) in [5.74, 6) is -3.04. The van der Waals surface area contributed by atoms with E-state index < -0.39 is 38.2 Å². The number of nitrogens with zero attached hydrogens (tertiary/aromatic N) is 3. The minimum atomic E-state index is -5.04. The first-order chi connectivity index (χ1) is 16.8. The molecule has 3 aromatic rings. The Labute approximate surface area is 213 Å². The zero-order valence-corrected chi connectivity index (χ0v) is 22.2. The molecule has 3 rings (SSSR count). The van der Waals surface area contributed by atoms with Gasteiger partial charge in [-0.25, -0.2) is 27.0 Å². The highest BCUT2D eigenvalue weighted by molar-refractivity contribution is 7.93. The summed E-state index contributed by atoms with van der Waals surface area (Å²) in [7, 11) is -1.18. The van der Waals surface area contributed by atoms with Gasteiger partial charge in [-0.2, -0.15) is 0 Å². The predicted molar refractivity (Wildman–Crippen MR) is 136 cm³/mol. The van der Waals surface area contributed by atoms with Crippen molar-refractivity contribution < 1.29 is 26.7 Å². The Bertz CT molecular complexity index is 1300. The molecule has 1 amide bonds. The molecule has 1 N–H and O–H groups in total. The fourth-order valence-electron chi connectivity index (χ4n) is 3.35. The monoisotopic (exact) mass is 538 g/mol. The second-order valence-electron chi connectivity index (χ2n) is 9.23. The average molecular weight is 539 g/mol. The zero-order chi connectivity index (χ0) is 26.7. The Morgan fingerprint density at radius 2 is 1.72 bits per heavy atom. The summed E-state index contributed by atoms with van der Waals surface area (Å²) in [6.45, 7) is 5.55. The van der Waals surface area contributed by atoms with E-state index in [-0.39, 0.29) is 22.4 Å². The Kier molecular flexibility index (Phi) is 8.32. The molecule has 0 radical (unpaired) electrons. The minimum absolute atomic E-state index is 0.0427. The van der Waals surface area contributed by atoms with E-state index >= 15 is 8.78 Å². The van der Waals surface area contributed by atoms with Gasteiger partial charge in [0, 0.05) is 24.2 Å². The van der Waals surface area contributed by atoms with Crippen LogP contribution in [0.1, 0.15) is 31.9 Å². The summed E-state index contributed by atoms with van der Waals surface area (Å²) in [5.41, 5.74) is 2.22. The third-order valence-electron chi connectivity index (χ3n) is 4.77. The first-order valence-electron chi connectivity index (χ1n) is 10.9. The van der Waals surface area contributed by atoms with Crippen LogP contribution in [-0.2, 0) is 27.8 Å². The van der Waals surface area contributed by atoms with Crippen LogP contribution >= 0.6 is 11.3 Å². The Morgan fingerprint density at radius 1 is 1.11 bits per heavy atom. The van der Waals surface area contributed by atoms with Crippen molar-refractivity contribution in [3.63, 3.8) is 0 Å². The van der Waals surface area contributed by atoms with Crippen LogP contribution in [0.15, 0.2) is 52.2 Å². The van der Waals surface area contributed by atoms with Crippen molar-refractivity contribution in [1.29, 1.82) is 0 Å². The molecule has 1 aromatic heterocycles. The molecule has 0 fully saturated rings. The number of carbonyl (C=O) groups excluding carboxylic acids is 1. The molecule has 2 aromatic carbocycles. The summed E-state index contributed by atoms with van der Waals surface area (Å²) in [6.07, 6.45) is -1.33. The second kappa shape index (κ2) is 10.9. The molecular formula is C24H28F2N4O4S2. The van der Waals surface area contributed by atoms with Gasteiger partial charge in [-0.05, 0) is 58.1 Å². The number of aromatic nitrogens is 1. The Balaban J connectivity index is 1.93. The van der Waals surface area contributed by atoms with Crippen LogP contribution in [-0.4, -0.2) is 44.1 Å². The highest BCUT2D eigenvalue weighted by Gasteiger charge is 2.39. The molecule has 0 unspecified atom stereocenters. The number of amides is 1. The largest absolute Gasteiger partial charge is 0.443 e.